The second kappa shape index (κ2) is 5.49. The van der Waals surface area contributed by atoms with Crippen LogP contribution in [0, 0.1) is 0 Å². The minimum atomic E-state index is -0.344. The predicted octanol–water partition coefficient (Wildman–Crippen LogP) is 1.86. The van der Waals surface area contributed by atoms with E-state index in [1.54, 1.807) is 7.11 Å². The summed E-state index contributed by atoms with van der Waals surface area (Å²) in [6.07, 6.45) is 6.92. The van der Waals surface area contributed by atoms with E-state index in [1.807, 2.05) is 6.08 Å². The summed E-state index contributed by atoms with van der Waals surface area (Å²) < 4.78 is 10.9. The van der Waals surface area contributed by atoms with Crippen molar-refractivity contribution in [1.29, 1.82) is 0 Å². The number of ether oxygens (including phenoxy) is 2. The number of hydrogen-bond donors (Lipinski definition) is 1. The summed E-state index contributed by atoms with van der Waals surface area (Å²) >= 11 is 0. The van der Waals surface area contributed by atoms with Crippen LogP contribution in [0.1, 0.15) is 32.1 Å². The average molecular weight is 200 g/mol. The average Bonchev–Trinajstić information content (AvgIpc) is 2.19. The van der Waals surface area contributed by atoms with Gasteiger partial charge in [-0.05, 0) is 19.3 Å². The largest absolute Gasteiger partial charge is 0.378 e. The van der Waals surface area contributed by atoms with Gasteiger partial charge in [0.05, 0.1) is 6.10 Å². The maximum absolute atomic E-state index is 8.91. The Kier molecular flexibility index (Phi) is 4.58. The first kappa shape index (κ1) is 11.7. The lowest BCUT2D eigenvalue weighted by Gasteiger charge is -2.42. The molecule has 82 valence electrons. The van der Waals surface area contributed by atoms with Crippen LogP contribution in [0.15, 0.2) is 12.7 Å². The van der Waals surface area contributed by atoms with Gasteiger partial charge in [-0.15, -0.1) is 6.58 Å². The van der Waals surface area contributed by atoms with E-state index >= 15 is 0 Å². The molecule has 0 aliphatic heterocycles. The molecule has 1 rings (SSSR count). The summed E-state index contributed by atoms with van der Waals surface area (Å²) in [7, 11) is 1.70. The van der Waals surface area contributed by atoms with E-state index in [0.29, 0.717) is 0 Å². The number of aliphatic hydroxyl groups is 1. The molecular formula is C11H20O3. The fourth-order valence-corrected chi connectivity index (χ4v) is 2.34. The molecule has 0 heterocycles. The zero-order valence-electron chi connectivity index (χ0n) is 8.87. The Hall–Kier alpha value is -0.380. The maximum Gasteiger partial charge on any atom is 0.144 e. The Balaban J connectivity index is 2.72. The molecule has 0 amide bonds. The lowest BCUT2D eigenvalue weighted by atomic mass is 9.79. The lowest BCUT2D eigenvalue weighted by molar-refractivity contribution is -0.189. The number of methoxy groups -OCH3 is 1. The number of hydrogen-bond acceptors (Lipinski definition) is 3. The van der Waals surface area contributed by atoms with Crippen LogP contribution in [0.4, 0.5) is 0 Å². The summed E-state index contributed by atoms with van der Waals surface area (Å²) in [5, 5.41) is 8.91. The van der Waals surface area contributed by atoms with Crippen LogP contribution < -0.4 is 0 Å². The van der Waals surface area contributed by atoms with Gasteiger partial charge in [-0.25, -0.2) is 0 Å². The molecule has 2 atom stereocenters. The monoisotopic (exact) mass is 200 g/mol. The van der Waals surface area contributed by atoms with Gasteiger partial charge in [-0.2, -0.15) is 0 Å². The summed E-state index contributed by atoms with van der Waals surface area (Å²) in [5.41, 5.74) is -0.344. The van der Waals surface area contributed by atoms with Crippen molar-refractivity contribution < 1.29 is 14.6 Å². The van der Waals surface area contributed by atoms with Crippen molar-refractivity contribution in [2.75, 3.05) is 13.9 Å². The first-order chi connectivity index (χ1) is 6.79. The minimum Gasteiger partial charge on any atom is -0.378 e. The van der Waals surface area contributed by atoms with Crippen molar-refractivity contribution in [2.45, 2.75) is 43.8 Å². The molecule has 0 aromatic rings. The highest BCUT2D eigenvalue weighted by molar-refractivity contribution is 4.97. The molecule has 0 bridgehead atoms. The minimum absolute atomic E-state index is 0.0846. The third kappa shape index (κ3) is 2.35. The molecule has 0 radical (unpaired) electrons. The highest BCUT2D eigenvalue weighted by atomic mass is 16.6. The Labute approximate surface area is 85.7 Å². The molecule has 0 aromatic heterocycles. The lowest BCUT2D eigenvalue weighted by Crippen LogP contribution is -2.48. The first-order valence-corrected chi connectivity index (χ1v) is 5.17. The van der Waals surface area contributed by atoms with Gasteiger partial charge >= 0.3 is 0 Å². The van der Waals surface area contributed by atoms with Crippen LogP contribution in [-0.4, -0.2) is 30.7 Å². The van der Waals surface area contributed by atoms with Crippen molar-refractivity contribution in [2.24, 2.45) is 0 Å². The van der Waals surface area contributed by atoms with Crippen LogP contribution in [0.3, 0.4) is 0 Å². The van der Waals surface area contributed by atoms with Gasteiger partial charge in [0.2, 0.25) is 0 Å². The van der Waals surface area contributed by atoms with Gasteiger partial charge in [0.15, 0.2) is 0 Å². The molecular weight excluding hydrogens is 180 g/mol. The van der Waals surface area contributed by atoms with Gasteiger partial charge in [-0.3, -0.25) is 0 Å². The summed E-state index contributed by atoms with van der Waals surface area (Å²) in [6, 6.07) is 0. The fraction of sp³-hybridized carbons (Fsp3) is 0.818. The fourth-order valence-electron chi connectivity index (χ4n) is 2.34. The van der Waals surface area contributed by atoms with Gasteiger partial charge in [0.1, 0.15) is 12.4 Å². The number of rotatable bonds is 5. The quantitative estimate of drug-likeness (QED) is 0.544. The Bertz CT molecular complexity index is 177. The molecule has 1 aliphatic rings. The van der Waals surface area contributed by atoms with E-state index in [-0.39, 0.29) is 18.5 Å². The van der Waals surface area contributed by atoms with Crippen molar-refractivity contribution in [1.82, 2.24) is 0 Å². The van der Waals surface area contributed by atoms with E-state index in [2.05, 4.69) is 6.58 Å². The van der Waals surface area contributed by atoms with Crippen molar-refractivity contribution in [3.8, 4) is 0 Å². The van der Waals surface area contributed by atoms with Crippen LogP contribution in [0.5, 0.6) is 0 Å². The maximum atomic E-state index is 8.91. The van der Waals surface area contributed by atoms with Crippen LogP contribution in [0.2, 0.25) is 0 Å². The van der Waals surface area contributed by atoms with Crippen LogP contribution in [0.25, 0.3) is 0 Å². The zero-order chi connectivity index (χ0) is 10.4. The second-order valence-electron chi connectivity index (χ2n) is 3.80. The molecule has 1 fully saturated rings. The first-order valence-electron chi connectivity index (χ1n) is 5.17. The van der Waals surface area contributed by atoms with Gasteiger partial charge in [0, 0.05) is 7.11 Å². The van der Waals surface area contributed by atoms with Crippen molar-refractivity contribution >= 4 is 0 Å². The SMILES string of the molecule is C=CCC1(OCO)CCCCC1OC. The molecule has 0 saturated heterocycles. The predicted molar refractivity (Wildman–Crippen MR) is 55.0 cm³/mol. The van der Waals surface area contributed by atoms with Gasteiger partial charge in [-0.1, -0.05) is 18.9 Å². The standard InChI is InChI=1S/C11H20O3/c1-3-7-11(14-9-12)8-5-4-6-10(11)13-2/h3,10,12H,1,4-9H2,2H3. The Morgan fingerprint density at radius 3 is 2.93 bits per heavy atom. The molecule has 0 spiro atoms. The normalized spacial score (nSPS) is 32.9. The molecule has 14 heavy (non-hydrogen) atoms. The zero-order valence-corrected chi connectivity index (χ0v) is 8.87. The van der Waals surface area contributed by atoms with Crippen molar-refractivity contribution in [3.63, 3.8) is 0 Å². The van der Waals surface area contributed by atoms with E-state index in [0.717, 1.165) is 25.7 Å². The van der Waals surface area contributed by atoms with E-state index in [9.17, 15) is 0 Å². The summed E-state index contributed by atoms with van der Waals surface area (Å²) in [4.78, 5) is 0. The molecule has 1 saturated carbocycles. The van der Waals surface area contributed by atoms with E-state index in [1.165, 1.54) is 6.42 Å². The molecule has 1 N–H and O–H groups in total. The van der Waals surface area contributed by atoms with Gasteiger partial charge < -0.3 is 14.6 Å². The van der Waals surface area contributed by atoms with E-state index < -0.39 is 0 Å². The van der Waals surface area contributed by atoms with E-state index in [4.69, 9.17) is 14.6 Å². The third-order valence-electron chi connectivity index (χ3n) is 3.03. The van der Waals surface area contributed by atoms with Crippen molar-refractivity contribution in [3.05, 3.63) is 12.7 Å². The Morgan fingerprint density at radius 2 is 2.36 bits per heavy atom. The highest BCUT2D eigenvalue weighted by Crippen LogP contribution is 2.36. The van der Waals surface area contributed by atoms with Crippen LogP contribution >= 0.6 is 0 Å². The molecule has 0 aromatic carbocycles. The van der Waals surface area contributed by atoms with Crippen LogP contribution in [-0.2, 0) is 9.47 Å². The highest BCUT2D eigenvalue weighted by Gasteiger charge is 2.41. The molecule has 1 aliphatic carbocycles. The summed E-state index contributed by atoms with van der Waals surface area (Å²) in [5.74, 6) is 0. The van der Waals surface area contributed by atoms with Gasteiger partial charge in [0.25, 0.3) is 0 Å². The smallest absolute Gasteiger partial charge is 0.144 e. The third-order valence-corrected chi connectivity index (χ3v) is 3.03. The summed E-state index contributed by atoms with van der Waals surface area (Å²) in [6.45, 7) is 3.49. The topological polar surface area (TPSA) is 38.7 Å². The molecule has 3 nitrogen and oxygen atoms in total. The number of aliphatic hydroxyl groups excluding tert-OH is 1. The Morgan fingerprint density at radius 1 is 1.57 bits per heavy atom. The second-order valence-corrected chi connectivity index (χ2v) is 3.80. The molecule has 3 heteroatoms. The molecule has 2 unspecified atom stereocenters.